The van der Waals surface area contributed by atoms with Gasteiger partial charge in [-0.2, -0.15) is 0 Å². The molecule has 3 N–H and O–H groups in total. The maximum atomic E-state index is 12.9. The van der Waals surface area contributed by atoms with Crippen molar-refractivity contribution in [2.75, 3.05) is 0 Å². The van der Waals surface area contributed by atoms with Gasteiger partial charge in [-0.3, -0.25) is 19.6 Å². The molecule has 2 aromatic heterocycles. The first-order valence-electron chi connectivity index (χ1n) is 12.4. The maximum absolute atomic E-state index is 12.9. The van der Waals surface area contributed by atoms with E-state index in [9.17, 15) is 14.7 Å². The number of hydrogen-bond acceptors (Lipinski definition) is 5. The Kier molecular flexibility index (Phi) is 7.31. The lowest BCUT2D eigenvalue weighted by Crippen LogP contribution is -2.58. The van der Waals surface area contributed by atoms with Gasteiger partial charge in [0.05, 0.1) is 18.3 Å². The van der Waals surface area contributed by atoms with Gasteiger partial charge in [0.1, 0.15) is 0 Å². The molecule has 2 aliphatic rings. The zero-order valence-electron chi connectivity index (χ0n) is 20.3. The van der Waals surface area contributed by atoms with Crippen LogP contribution in [0.15, 0.2) is 48.9 Å². The molecule has 7 nitrogen and oxygen atoms in total. The molecule has 0 spiro atoms. The molecule has 2 fully saturated rings. The summed E-state index contributed by atoms with van der Waals surface area (Å²) in [4.78, 5) is 34.0. The summed E-state index contributed by atoms with van der Waals surface area (Å²) in [5.74, 6) is -0.447. The molecule has 2 saturated carbocycles. The van der Waals surface area contributed by atoms with Crippen LogP contribution in [0.1, 0.15) is 62.5 Å². The first-order chi connectivity index (χ1) is 16.3. The van der Waals surface area contributed by atoms with Crippen LogP contribution >= 0.6 is 0 Å². The number of rotatable bonds is 6. The minimum atomic E-state index is -0.593. The topological polar surface area (TPSA) is 104 Å². The molecule has 4 rings (SSSR count). The van der Waals surface area contributed by atoms with Crippen molar-refractivity contribution in [1.29, 1.82) is 0 Å². The number of nitrogens with one attached hydrogen (secondary N) is 2. The molecule has 0 bridgehead atoms. The van der Waals surface area contributed by atoms with E-state index in [0.717, 1.165) is 31.4 Å². The van der Waals surface area contributed by atoms with Crippen LogP contribution in [-0.2, 0) is 11.3 Å². The molecule has 7 atom stereocenters. The van der Waals surface area contributed by atoms with Gasteiger partial charge in [-0.05, 0) is 73.1 Å². The molecule has 7 heteroatoms. The summed E-state index contributed by atoms with van der Waals surface area (Å²) in [5, 5.41) is 17.7. The van der Waals surface area contributed by atoms with E-state index in [2.05, 4.69) is 34.4 Å². The Bertz CT molecular complexity index is 986. The van der Waals surface area contributed by atoms with Gasteiger partial charge in [-0.1, -0.05) is 26.8 Å². The number of aliphatic hydroxyl groups excluding tert-OH is 1. The molecule has 0 aromatic carbocycles. The summed E-state index contributed by atoms with van der Waals surface area (Å²) >= 11 is 0. The molecule has 2 aliphatic carbocycles. The fourth-order valence-corrected chi connectivity index (χ4v) is 6.29. The second kappa shape index (κ2) is 10.2. The minimum Gasteiger partial charge on any atom is -0.392 e. The van der Waals surface area contributed by atoms with Crippen molar-refractivity contribution in [3.8, 4) is 0 Å². The lowest BCUT2D eigenvalue weighted by atomic mass is 9.51. The predicted molar refractivity (Wildman–Crippen MR) is 129 cm³/mol. The molecule has 0 saturated heterocycles. The largest absolute Gasteiger partial charge is 0.392 e. The third-order valence-electron chi connectivity index (χ3n) is 8.37. The van der Waals surface area contributed by atoms with Gasteiger partial charge in [-0.25, -0.2) is 0 Å². The monoisotopic (exact) mass is 464 g/mol. The Morgan fingerprint density at radius 3 is 2.59 bits per heavy atom. The van der Waals surface area contributed by atoms with Gasteiger partial charge in [0.2, 0.25) is 5.91 Å². The molecule has 2 heterocycles. The van der Waals surface area contributed by atoms with Gasteiger partial charge in [0.15, 0.2) is 0 Å². The Morgan fingerprint density at radius 1 is 1.15 bits per heavy atom. The maximum Gasteiger partial charge on any atom is 0.251 e. The first kappa shape index (κ1) is 24.3. The number of pyridine rings is 2. The molecule has 7 unspecified atom stereocenters. The van der Waals surface area contributed by atoms with Crippen molar-refractivity contribution in [2.24, 2.45) is 29.1 Å². The van der Waals surface area contributed by atoms with Crippen LogP contribution < -0.4 is 10.6 Å². The zero-order chi connectivity index (χ0) is 24.3. The second-order valence-electron chi connectivity index (χ2n) is 10.4. The Hall–Kier alpha value is -2.80. The summed E-state index contributed by atoms with van der Waals surface area (Å²) in [5.41, 5.74) is 1.42. The third kappa shape index (κ3) is 4.99. The molecule has 34 heavy (non-hydrogen) atoms. The van der Waals surface area contributed by atoms with E-state index in [0.29, 0.717) is 12.1 Å². The highest BCUT2D eigenvalue weighted by molar-refractivity contribution is 5.94. The third-order valence-corrected chi connectivity index (χ3v) is 8.37. The number of hydrogen-bond donors (Lipinski definition) is 3. The lowest BCUT2D eigenvalue weighted by Gasteiger charge is -2.56. The summed E-state index contributed by atoms with van der Waals surface area (Å²) in [6.45, 7) is 6.70. The quantitative estimate of drug-likeness (QED) is 0.608. The summed E-state index contributed by atoms with van der Waals surface area (Å²) in [7, 11) is 0. The number of amides is 2. The number of nitrogens with zero attached hydrogens (tertiary/aromatic N) is 2. The molecule has 0 aliphatic heterocycles. The fourth-order valence-electron chi connectivity index (χ4n) is 6.29. The van der Waals surface area contributed by atoms with Crippen LogP contribution in [0, 0.1) is 29.1 Å². The molecule has 0 radical (unpaired) electrons. The lowest BCUT2D eigenvalue weighted by molar-refractivity contribution is -0.142. The van der Waals surface area contributed by atoms with Gasteiger partial charge in [0.25, 0.3) is 5.91 Å². The van der Waals surface area contributed by atoms with Crippen molar-refractivity contribution in [3.05, 3.63) is 60.2 Å². The Balaban J connectivity index is 1.42. The van der Waals surface area contributed by atoms with E-state index in [1.165, 1.54) is 0 Å². The molecular formula is C27H36N4O3. The fraction of sp³-hybridized carbons (Fsp3) is 0.556. The smallest absolute Gasteiger partial charge is 0.251 e. The standard InChI is InChI=1S/C27H36N4O3/c1-17(25(33)30-16-20-6-4-5-13-29-20)21-7-11-27(3)12-8-22(18(2)23(27)24(21)32)31-26(34)19-9-14-28-15-10-19/h4-6,9-10,13-15,17-18,21-24,32H,7-8,11-12,16H2,1-3H3,(H,30,33)(H,31,34). The Morgan fingerprint density at radius 2 is 1.88 bits per heavy atom. The summed E-state index contributed by atoms with van der Waals surface area (Å²) < 4.78 is 0. The van der Waals surface area contributed by atoms with Gasteiger partial charge < -0.3 is 15.7 Å². The average Bonchev–Trinajstić information content (AvgIpc) is 2.85. The number of aliphatic hydroxyl groups is 1. The second-order valence-corrected chi connectivity index (χ2v) is 10.4. The van der Waals surface area contributed by atoms with Crippen molar-refractivity contribution in [2.45, 2.75) is 65.1 Å². The van der Waals surface area contributed by atoms with Crippen LogP contribution in [0.5, 0.6) is 0 Å². The molecular weight excluding hydrogens is 428 g/mol. The molecule has 2 aromatic rings. The summed E-state index contributed by atoms with van der Waals surface area (Å²) in [6.07, 6.45) is 8.00. The van der Waals surface area contributed by atoms with Gasteiger partial charge >= 0.3 is 0 Å². The highest BCUT2D eigenvalue weighted by atomic mass is 16.3. The first-order valence-corrected chi connectivity index (χ1v) is 12.4. The van der Waals surface area contributed by atoms with Crippen molar-refractivity contribution in [1.82, 2.24) is 20.6 Å². The SMILES string of the molecule is CC(C(=O)NCc1ccccn1)C1CCC2(C)CCC(NC(=O)c3ccncc3)C(C)C2C1O. The van der Waals surface area contributed by atoms with Crippen molar-refractivity contribution in [3.63, 3.8) is 0 Å². The van der Waals surface area contributed by atoms with Crippen LogP contribution in [0.3, 0.4) is 0 Å². The van der Waals surface area contributed by atoms with Crippen LogP contribution in [0.2, 0.25) is 0 Å². The minimum absolute atomic E-state index is 0.0113. The molecule has 182 valence electrons. The van der Waals surface area contributed by atoms with E-state index in [4.69, 9.17) is 0 Å². The van der Waals surface area contributed by atoms with E-state index in [1.807, 2.05) is 25.1 Å². The van der Waals surface area contributed by atoms with Crippen molar-refractivity contribution >= 4 is 11.8 Å². The van der Waals surface area contributed by atoms with Crippen LogP contribution in [0.4, 0.5) is 0 Å². The summed E-state index contributed by atoms with van der Waals surface area (Å²) in [6, 6.07) is 9.04. The van der Waals surface area contributed by atoms with E-state index in [-0.39, 0.29) is 46.9 Å². The average molecular weight is 465 g/mol. The number of carbonyl (C=O) groups is 2. The van der Waals surface area contributed by atoms with Crippen molar-refractivity contribution < 1.29 is 14.7 Å². The molecule has 2 amide bonds. The normalized spacial score (nSPS) is 31.7. The van der Waals surface area contributed by atoms with Crippen LogP contribution in [0.25, 0.3) is 0 Å². The van der Waals surface area contributed by atoms with Gasteiger partial charge in [0, 0.05) is 36.1 Å². The highest BCUT2D eigenvalue weighted by Gasteiger charge is 2.53. The highest BCUT2D eigenvalue weighted by Crippen LogP contribution is 2.55. The number of carbonyl (C=O) groups excluding carboxylic acids is 2. The van der Waals surface area contributed by atoms with E-state index < -0.39 is 6.10 Å². The number of fused-ring (bicyclic) bond motifs is 1. The predicted octanol–water partition coefficient (Wildman–Crippen LogP) is 3.35. The van der Waals surface area contributed by atoms with E-state index in [1.54, 1.807) is 30.7 Å². The Labute approximate surface area is 201 Å². The number of aromatic nitrogens is 2. The van der Waals surface area contributed by atoms with Crippen LogP contribution in [-0.4, -0.2) is 39.0 Å². The van der Waals surface area contributed by atoms with E-state index >= 15 is 0 Å². The zero-order valence-corrected chi connectivity index (χ0v) is 20.3. The van der Waals surface area contributed by atoms with Gasteiger partial charge in [-0.15, -0.1) is 0 Å².